The number of rotatable bonds is 3. The molecule has 0 unspecified atom stereocenters. The Morgan fingerprint density at radius 3 is 2.60 bits per heavy atom. The van der Waals surface area contributed by atoms with Crippen LogP contribution in [0.4, 0.5) is 0 Å². The number of sulfonamides is 1. The van der Waals surface area contributed by atoms with Gasteiger partial charge in [-0.25, -0.2) is 13.4 Å². The molecule has 8 heteroatoms. The minimum atomic E-state index is -3.52. The number of pyridine rings is 1. The number of hydrogen-bond donors (Lipinski definition) is 1. The lowest BCUT2D eigenvalue weighted by Gasteiger charge is -2.31. The molecule has 1 aliphatic rings. The SMILES string of the molecule is Cc1cc2cccnc2cc1-c1nc2ccc(S(=O)(=O)N3CCN(C)CC3)cc2[nH]1. The summed E-state index contributed by atoms with van der Waals surface area (Å²) in [5.41, 5.74) is 4.39. The molecule has 1 aliphatic heterocycles. The number of aromatic amines is 1. The van der Waals surface area contributed by atoms with Crippen molar-refractivity contribution in [3.63, 3.8) is 0 Å². The molecule has 3 heterocycles. The van der Waals surface area contributed by atoms with Gasteiger partial charge in [0.05, 0.1) is 21.4 Å². The smallest absolute Gasteiger partial charge is 0.243 e. The van der Waals surface area contributed by atoms with Crippen molar-refractivity contribution >= 4 is 32.0 Å². The predicted molar refractivity (Wildman–Crippen MR) is 118 cm³/mol. The van der Waals surface area contributed by atoms with E-state index in [1.165, 1.54) is 0 Å². The first kappa shape index (κ1) is 19.2. The maximum atomic E-state index is 13.1. The van der Waals surface area contributed by atoms with Gasteiger partial charge in [0.2, 0.25) is 10.0 Å². The number of fused-ring (bicyclic) bond motifs is 2. The van der Waals surface area contributed by atoms with Crippen molar-refractivity contribution in [1.82, 2.24) is 24.2 Å². The van der Waals surface area contributed by atoms with E-state index in [4.69, 9.17) is 4.98 Å². The van der Waals surface area contributed by atoms with E-state index < -0.39 is 10.0 Å². The lowest BCUT2D eigenvalue weighted by atomic mass is 10.0. The highest BCUT2D eigenvalue weighted by Gasteiger charge is 2.27. The molecule has 30 heavy (non-hydrogen) atoms. The molecule has 0 aliphatic carbocycles. The van der Waals surface area contributed by atoms with Crippen molar-refractivity contribution < 1.29 is 8.42 Å². The highest BCUT2D eigenvalue weighted by atomic mass is 32.2. The Morgan fingerprint density at radius 2 is 1.80 bits per heavy atom. The summed E-state index contributed by atoms with van der Waals surface area (Å²) in [6.45, 7) is 4.54. The van der Waals surface area contributed by atoms with Gasteiger partial charge in [0.25, 0.3) is 0 Å². The number of aryl methyl sites for hydroxylation is 1. The maximum Gasteiger partial charge on any atom is 0.243 e. The second-order valence-corrected chi connectivity index (χ2v) is 9.77. The fraction of sp³-hybridized carbons (Fsp3) is 0.273. The van der Waals surface area contributed by atoms with Gasteiger partial charge >= 0.3 is 0 Å². The first-order valence-electron chi connectivity index (χ1n) is 9.96. The summed E-state index contributed by atoms with van der Waals surface area (Å²) in [5.74, 6) is 0.712. The highest BCUT2D eigenvalue weighted by Crippen LogP contribution is 2.29. The Labute approximate surface area is 175 Å². The Kier molecular flexibility index (Phi) is 4.57. The standard InChI is InChI=1S/C22H23N5O2S/c1-15-12-16-4-3-7-23-20(16)14-18(15)22-24-19-6-5-17(13-21(19)25-22)30(28,29)27-10-8-26(2)9-11-27/h3-7,12-14H,8-11H2,1-2H3,(H,24,25). The third-order valence-electron chi connectivity index (χ3n) is 5.76. The molecular formula is C22H23N5O2S. The van der Waals surface area contributed by atoms with Crippen LogP contribution in [0.3, 0.4) is 0 Å². The molecule has 154 valence electrons. The van der Waals surface area contributed by atoms with Crippen LogP contribution in [-0.2, 0) is 10.0 Å². The molecule has 0 spiro atoms. The van der Waals surface area contributed by atoms with Gasteiger partial charge in [-0.1, -0.05) is 6.07 Å². The summed E-state index contributed by atoms with van der Waals surface area (Å²) in [6.07, 6.45) is 1.77. The van der Waals surface area contributed by atoms with Crippen LogP contribution in [0.5, 0.6) is 0 Å². The minimum absolute atomic E-state index is 0.298. The van der Waals surface area contributed by atoms with Crippen molar-refractivity contribution in [2.24, 2.45) is 0 Å². The van der Waals surface area contributed by atoms with E-state index in [0.29, 0.717) is 29.3 Å². The highest BCUT2D eigenvalue weighted by molar-refractivity contribution is 7.89. The quantitative estimate of drug-likeness (QED) is 0.550. The average Bonchev–Trinajstić information content (AvgIpc) is 3.16. The molecule has 4 aromatic rings. The Bertz CT molecular complexity index is 1350. The Hall–Kier alpha value is -2.81. The van der Waals surface area contributed by atoms with E-state index in [0.717, 1.165) is 40.6 Å². The van der Waals surface area contributed by atoms with Gasteiger partial charge < -0.3 is 9.88 Å². The summed E-state index contributed by atoms with van der Waals surface area (Å²) in [4.78, 5) is 14.9. The molecule has 0 saturated carbocycles. The van der Waals surface area contributed by atoms with Crippen molar-refractivity contribution in [3.8, 4) is 11.4 Å². The summed E-state index contributed by atoms with van der Waals surface area (Å²) in [5, 5.41) is 1.08. The monoisotopic (exact) mass is 421 g/mol. The summed E-state index contributed by atoms with van der Waals surface area (Å²) in [6, 6.07) is 13.2. The van der Waals surface area contributed by atoms with Gasteiger partial charge in [0.15, 0.2) is 0 Å². The molecule has 0 bridgehead atoms. The fourth-order valence-electron chi connectivity index (χ4n) is 3.94. The van der Waals surface area contributed by atoms with Crippen molar-refractivity contribution in [2.75, 3.05) is 33.2 Å². The zero-order chi connectivity index (χ0) is 20.9. The molecule has 1 fully saturated rings. The third-order valence-corrected chi connectivity index (χ3v) is 7.65. The van der Waals surface area contributed by atoms with Crippen molar-refractivity contribution in [3.05, 3.63) is 54.2 Å². The van der Waals surface area contributed by atoms with Gasteiger partial charge in [-0.3, -0.25) is 4.98 Å². The van der Waals surface area contributed by atoms with Crippen LogP contribution in [0.15, 0.2) is 53.6 Å². The van der Waals surface area contributed by atoms with Crippen LogP contribution >= 0.6 is 0 Å². The molecule has 2 aromatic carbocycles. The zero-order valence-corrected chi connectivity index (χ0v) is 17.8. The lowest BCUT2D eigenvalue weighted by Crippen LogP contribution is -2.46. The van der Waals surface area contributed by atoms with Gasteiger partial charge in [-0.15, -0.1) is 0 Å². The molecular weight excluding hydrogens is 398 g/mol. The predicted octanol–water partition coefficient (Wildman–Crippen LogP) is 3.02. The van der Waals surface area contributed by atoms with Crippen LogP contribution in [0.2, 0.25) is 0 Å². The van der Waals surface area contributed by atoms with Crippen LogP contribution in [0, 0.1) is 6.92 Å². The van der Waals surface area contributed by atoms with E-state index in [-0.39, 0.29) is 0 Å². The second-order valence-electron chi connectivity index (χ2n) is 7.83. The number of nitrogens with one attached hydrogen (secondary N) is 1. The van der Waals surface area contributed by atoms with Crippen LogP contribution in [-0.4, -0.2) is 65.8 Å². The third kappa shape index (κ3) is 3.27. The summed E-state index contributed by atoms with van der Waals surface area (Å²) in [7, 11) is -1.51. The molecule has 1 N–H and O–H groups in total. The Morgan fingerprint density at radius 1 is 1.00 bits per heavy atom. The largest absolute Gasteiger partial charge is 0.338 e. The van der Waals surface area contributed by atoms with E-state index in [2.05, 4.69) is 20.9 Å². The van der Waals surface area contributed by atoms with Gasteiger partial charge in [-0.05, 0) is 55.9 Å². The van der Waals surface area contributed by atoms with E-state index in [9.17, 15) is 8.42 Å². The lowest BCUT2D eigenvalue weighted by molar-refractivity contribution is 0.222. The topological polar surface area (TPSA) is 82.2 Å². The van der Waals surface area contributed by atoms with Crippen molar-refractivity contribution in [2.45, 2.75) is 11.8 Å². The van der Waals surface area contributed by atoms with E-state index in [1.807, 2.05) is 32.2 Å². The van der Waals surface area contributed by atoms with E-state index >= 15 is 0 Å². The summed E-state index contributed by atoms with van der Waals surface area (Å²) < 4.78 is 27.7. The Balaban J connectivity index is 1.54. The number of H-pyrrole nitrogens is 1. The van der Waals surface area contributed by atoms with Crippen molar-refractivity contribution in [1.29, 1.82) is 0 Å². The molecule has 7 nitrogen and oxygen atoms in total. The van der Waals surface area contributed by atoms with Crippen LogP contribution in [0.1, 0.15) is 5.56 Å². The molecule has 2 aromatic heterocycles. The number of imidazole rings is 1. The van der Waals surface area contributed by atoms with Gasteiger partial charge in [0.1, 0.15) is 5.82 Å². The van der Waals surface area contributed by atoms with Gasteiger partial charge in [0, 0.05) is 43.3 Å². The normalized spacial score (nSPS) is 16.5. The maximum absolute atomic E-state index is 13.1. The first-order chi connectivity index (χ1) is 14.4. The fourth-order valence-corrected chi connectivity index (χ4v) is 5.39. The van der Waals surface area contributed by atoms with Crippen LogP contribution in [0.25, 0.3) is 33.3 Å². The number of piperazine rings is 1. The second kappa shape index (κ2) is 7.16. The molecule has 5 rings (SSSR count). The number of likely N-dealkylation sites (N-methyl/N-ethyl adjacent to an activating group) is 1. The molecule has 1 saturated heterocycles. The first-order valence-corrected chi connectivity index (χ1v) is 11.4. The van der Waals surface area contributed by atoms with Crippen LogP contribution < -0.4 is 0 Å². The molecule has 0 radical (unpaired) electrons. The average molecular weight is 422 g/mol. The molecule has 0 atom stereocenters. The molecule has 0 amide bonds. The number of hydrogen-bond acceptors (Lipinski definition) is 5. The number of nitrogens with zero attached hydrogens (tertiary/aromatic N) is 4. The minimum Gasteiger partial charge on any atom is -0.338 e. The van der Waals surface area contributed by atoms with E-state index in [1.54, 1.807) is 28.7 Å². The zero-order valence-electron chi connectivity index (χ0n) is 17.0. The summed E-state index contributed by atoms with van der Waals surface area (Å²) >= 11 is 0. The number of aromatic nitrogens is 3. The van der Waals surface area contributed by atoms with Gasteiger partial charge in [-0.2, -0.15) is 4.31 Å². The number of benzene rings is 2.